The van der Waals surface area contributed by atoms with Crippen LogP contribution < -0.4 is 0 Å². The summed E-state index contributed by atoms with van der Waals surface area (Å²) in [5, 5.41) is 0. The van der Waals surface area contributed by atoms with Crippen LogP contribution in [0.3, 0.4) is 0 Å². The molecule has 90 valence electrons. The van der Waals surface area contributed by atoms with E-state index in [0.717, 1.165) is 25.2 Å². The lowest BCUT2D eigenvalue weighted by molar-refractivity contribution is 0.101. The van der Waals surface area contributed by atoms with E-state index in [1.54, 1.807) is 6.92 Å². The van der Waals surface area contributed by atoms with Crippen LogP contribution in [-0.2, 0) is 6.54 Å². The molecule has 16 heavy (non-hydrogen) atoms. The molecule has 0 bridgehead atoms. The first-order chi connectivity index (χ1) is 7.17. The number of hydrogen-bond acceptors (Lipinski definition) is 2. The minimum absolute atomic E-state index is 0. The van der Waals surface area contributed by atoms with Crippen molar-refractivity contribution in [3.63, 3.8) is 0 Å². The van der Waals surface area contributed by atoms with E-state index in [0.29, 0.717) is 0 Å². The highest BCUT2D eigenvalue weighted by Gasteiger charge is 2.02. The van der Waals surface area contributed by atoms with E-state index in [2.05, 4.69) is 18.7 Å². The van der Waals surface area contributed by atoms with E-state index in [9.17, 15) is 4.79 Å². The zero-order valence-corrected chi connectivity index (χ0v) is 11.0. The normalized spacial score (nSPS) is 10.0. The molecule has 0 unspecified atom stereocenters. The fraction of sp³-hybridized carbons (Fsp3) is 0.462. The Bertz CT molecular complexity index is 317. The Labute approximate surface area is 104 Å². The standard InChI is InChI=1S/C13H19NO.ClH/c1-4-14(5-2)10-12-6-8-13(9-7-12)11(3)15;/h6-9H,4-5,10H2,1-3H3;1H. The molecular formula is C13H20ClNO. The molecule has 0 heterocycles. The quantitative estimate of drug-likeness (QED) is 0.739. The fourth-order valence-corrected chi connectivity index (χ4v) is 1.55. The van der Waals surface area contributed by atoms with Gasteiger partial charge in [-0.1, -0.05) is 38.1 Å². The van der Waals surface area contributed by atoms with Crippen molar-refractivity contribution in [2.24, 2.45) is 0 Å². The molecule has 1 aromatic carbocycles. The SMILES string of the molecule is CCN(CC)Cc1ccc(C(C)=O)cc1.Cl. The maximum absolute atomic E-state index is 11.1. The van der Waals surface area contributed by atoms with Crippen LogP contribution in [0.25, 0.3) is 0 Å². The summed E-state index contributed by atoms with van der Waals surface area (Å²) in [7, 11) is 0. The smallest absolute Gasteiger partial charge is 0.159 e. The second kappa shape index (κ2) is 7.42. The highest BCUT2D eigenvalue weighted by atomic mass is 35.5. The summed E-state index contributed by atoms with van der Waals surface area (Å²) in [5.41, 5.74) is 2.06. The first kappa shape index (κ1) is 15.1. The number of hydrogen-bond donors (Lipinski definition) is 0. The molecule has 0 aliphatic carbocycles. The van der Waals surface area contributed by atoms with Crippen LogP contribution in [0.2, 0.25) is 0 Å². The molecule has 0 radical (unpaired) electrons. The van der Waals surface area contributed by atoms with Gasteiger partial charge in [0.05, 0.1) is 0 Å². The number of ketones is 1. The molecule has 2 nitrogen and oxygen atoms in total. The van der Waals surface area contributed by atoms with Crippen LogP contribution in [-0.4, -0.2) is 23.8 Å². The van der Waals surface area contributed by atoms with Crippen molar-refractivity contribution in [3.8, 4) is 0 Å². The highest BCUT2D eigenvalue weighted by Crippen LogP contribution is 2.07. The number of Topliss-reactive ketones (excluding diaryl/α,β-unsaturated/α-hetero) is 1. The van der Waals surface area contributed by atoms with E-state index in [1.807, 2.05) is 24.3 Å². The molecule has 1 aromatic rings. The van der Waals surface area contributed by atoms with E-state index >= 15 is 0 Å². The monoisotopic (exact) mass is 241 g/mol. The minimum atomic E-state index is 0. The minimum Gasteiger partial charge on any atom is -0.300 e. The van der Waals surface area contributed by atoms with Gasteiger partial charge in [0.15, 0.2) is 5.78 Å². The van der Waals surface area contributed by atoms with E-state index < -0.39 is 0 Å². The van der Waals surface area contributed by atoms with Gasteiger partial charge in [0.2, 0.25) is 0 Å². The first-order valence-electron chi connectivity index (χ1n) is 5.49. The van der Waals surface area contributed by atoms with Crippen LogP contribution in [0.4, 0.5) is 0 Å². The largest absolute Gasteiger partial charge is 0.300 e. The van der Waals surface area contributed by atoms with E-state index in [-0.39, 0.29) is 18.2 Å². The Balaban J connectivity index is 0.00000225. The number of carbonyl (C=O) groups is 1. The molecule has 0 saturated heterocycles. The van der Waals surface area contributed by atoms with Crippen molar-refractivity contribution in [3.05, 3.63) is 35.4 Å². The maximum Gasteiger partial charge on any atom is 0.159 e. The topological polar surface area (TPSA) is 20.3 Å². The molecule has 0 aromatic heterocycles. The lowest BCUT2D eigenvalue weighted by atomic mass is 10.1. The van der Waals surface area contributed by atoms with Gasteiger partial charge in [-0.25, -0.2) is 0 Å². The molecule has 0 saturated carbocycles. The molecule has 0 N–H and O–H groups in total. The Morgan fingerprint density at radius 2 is 1.62 bits per heavy atom. The van der Waals surface area contributed by atoms with Crippen LogP contribution in [0, 0.1) is 0 Å². The summed E-state index contributed by atoms with van der Waals surface area (Å²) in [6.45, 7) is 9.00. The Kier molecular flexibility index (Phi) is 7.02. The Morgan fingerprint density at radius 3 is 2.00 bits per heavy atom. The number of benzene rings is 1. The van der Waals surface area contributed by atoms with Gasteiger partial charge < -0.3 is 0 Å². The average molecular weight is 242 g/mol. The van der Waals surface area contributed by atoms with Crippen molar-refractivity contribution >= 4 is 18.2 Å². The first-order valence-corrected chi connectivity index (χ1v) is 5.49. The summed E-state index contributed by atoms with van der Waals surface area (Å²) in [4.78, 5) is 13.4. The zero-order valence-electron chi connectivity index (χ0n) is 10.2. The van der Waals surface area contributed by atoms with Crippen LogP contribution in [0.5, 0.6) is 0 Å². The third kappa shape index (κ3) is 4.33. The van der Waals surface area contributed by atoms with Gasteiger partial charge >= 0.3 is 0 Å². The van der Waals surface area contributed by atoms with Crippen LogP contribution in [0.1, 0.15) is 36.7 Å². The number of rotatable bonds is 5. The summed E-state index contributed by atoms with van der Waals surface area (Å²) >= 11 is 0. The van der Waals surface area contributed by atoms with Crippen LogP contribution >= 0.6 is 12.4 Å². The fourth-order valence-electron chi connectivity index (χ4n) is 1.55. The third-order valence-corrected chi connectivity index (χ3v) is 2.66. The van der Waals surface area contributed by atoms with Crippen molar-refractivity contribution in [1.82, 2.24) is 4.90 Å². The second-order valence-corrected chi connectivity index (χ2v) is 3.71. The van der Waals surface area contributed by atoms with E-state index in [1.165, 1.54) is 5.56 Å². The summed E-state index contributed by atoms with van der Waals surface area (Å²) in [5.74, 6) is 0.129. The Morgan fingerprint density at radius 1 is 1.12 bits per heavy atom. The zero-order chi connectivity index (χ0) is 11.3. The van der Waals surface area contributed by atoms with Crippen molar-refractivity contribution in [2.75, 3.05) is 13.1 Å². The van der Waals surface area contributed by atoms with Gasteiger partial charge in [0.25, 0.3) is 0 Å². The summed E-state index contributed by atoms with van der Waals surface area (Å²) in [6, 6.07) is 7.88. The van der Waals surface area contributed by atoms with Gasteiger partial charge in [0, 0.05) is 12.1 Å². The molecule has 0 fully saturated rings. The molecule has 3 heteroatoms. The van der Waals surface area contributed by atoms with Gasteiger partial charge in [-0.2, -0.15) is 0 Å². The Hall–Kier alpha value is -0.860. The summed E-state index contributed by atoms with van der Waals surface area (Å²) < 4.78 is 0. The second-order valence-electron chi connectivity index (χ2n) is 3.71. The van der Waals surface area contributed by atoms with E-state index in [4.69, 9.17) is 0 Å². The molecule has 0 spiro atoms. The summed E-state index contributed by atoms with van der Waals surface area (Å²) in [6.07, 6.45) is 0. The molecule has 0 amide bonds. The highest BCUT2D eigenvalue weighted by molar-refractivity contribution is 5.93. The van der Waals surface area contributed by atoms with Gasteiger partial charge in [-0.15, -0.1) is 12.4 Å². The lowest BCUT2D eigenvalue weighted by Gasteiger charge is -2.17. The van der Waals surface area contributed by atoms with Crippen molar-refractivity contribution in [2.45, 2.75) is 27.3 Å². The maximum atomic E-state index is 11.1. The number of nitrogens with zero attached hydrogens (tertiary/aromatic N) is 1. The molecule has 1 rings (SSSR count). The predicted octanol–water partition coefficient (Wildman–Crippen LogP) is 3.15. The predicted molar refractivity (Wildman–Crippen MR) is 70.3 cm³/mol. The molecule has 0 aliphatic heterocycles. The molecule has 0 aliphatic rings. The van der Waals surface area contributed by atoms with Gasteiger partial charge in [0.1, 0.15) is 0 Å². The van der Waals surface area contributed by atoms with Gasteiger partial charge in [-0.05, 0) is 25.6 Å². The van der Waals surface area contributed by atoms with Crippen LogP contribution in [0.15, 0.2) is 24.3 Å². The van der Waals surface area contributed by atoms with Crippen molar-refractivity contribution < 1.29 is 4.79 Å². The number of carbonyl (C=O) groups excluding carboxylic acids is 1. The number of halogens is 1. The average Bonchev–Trinajstić information content (AvgIpc) is 2.26. The molecule has 0 atom stereocenters. The molecular weight excluding hydrogens is 222 g/mol. The third-order valence-electron chi connectivity index (χ3n) is 2.66. The van der Waals surface area contributed by atoms with Crippen molar-refractivity contribution in [1.29, 1.82) is 0 Å². The van der Waals surface area contributed by atoms with Gasteiger partial charge in [-0.3, -0.25) is 9.69 Å². The lowest BCUT2D eigenvalue weighted by Crippen LogP contribution is -2.22.